The Bertz CT molecular complexity index is 1010. The zero-order valence-electron chi connectivity index (χ0n) is 14.9. The molecule has 0 atom stereocenters. The number of carbonyl (C=O) groups excluding carboxylic acids is 2. The van der Waals surface area contributed by atoms with Gasteiger partial charge in [-0.2, -0.15) is 0 Å². The fourth-order valence-corrected chi connectivity index (χ4v) is 3.10. The summed E-state index contributed by atoms with van der Waals surface area (Å²) in [5, 5.41) is 2.80. The summed E-state index contributed by atoms with van der Waals surface area (Å²) in [6.07, 6.45) is 5.53. The lowest BCUT2D eigenvalue weighted by Gasteiger charge is -2.11. The molecule has 0 spiro atoms. The molecule has 140 valence electrons. The van der Waals surface area contributed by atoms with Gasteiger partial charge in [-0.25, -0.2) is 31.7 Å². The van der Waals surface area contributed by atoms with Gasteiger partial charge in [-0.1, -0.05) is 60.7 Å². The molecule has 5 rings (SSSR count). The number of nitrogens with one attached hydrogen (secondary N) is 4. The van der Waals surface area contributed by atoms with Crippen LogP contribution in [0.1, 0.15) is 31.8 Å². The van der Waals surface area contributed by atoms with Crippen LogP contribution in [0.4, 0.5) is 0 Å². The van der Waals surface area contributed by atoms with Gasteiger partial charge in [0.2, 0.25) is 0 Å². The molecule has 28 heavy (non-hydrogen) atoms. The molecule has 7 heteroatoms. The lowest BCUT2D eigenvalue weighted by atomic mass is 9.93. The molecular formula is C21H18N4O3. The summed E-state index contributed by atoms with van der Waals surface area (Å²) in [4.78, 5) is 21.7. The Morgan fingerprint density at radius 3 is 1.89 bits per heavy atom. The molecule has 3 aromatic carbocycles. The van der Waals surface area contributed by atoms with Crippen molar-refractivity contribution >= 4 is 28.8 Å². The number of rotatable bonds is 0. The van der Waals surface area contributed by atoms with E-state index in [2.05, 4.69) is 53.3 Å². The maximum absolute atomic E-state index is 10.8. The number of allylic oxidation sites excluding steroid dienone is 1. The number of cyclic esters (lactones) is 2. The van der Waals surface area contributed by atoms with Gasteiger partial charge in [0.1, 0.15) is 0 Å². The first-order valence-electron chi connectivity index (χ1n) is 8.27. The Morgan fingerprint density at radius 1 is 0.714 bits per heavy atom. The quantitative estimate of drug-likeness (QED) is 0.231. The van der Waals surface area contributed by atoms with Gasteiger partial charge in [0.15, 0.2) is 0 Å². The Kier molecular flexibility index (Phi) is 6.99. The maximum Gasteiger partial charge on any atom is 0.346 e. The highest BCUT2D eigenvalue weighted by molar-refractivity contribution is 6.14. The summed E-state index contributed by atoms with van der Waals surface area (Å²) in [6, 6.07) is 19.6. The summed E-state index contributed by atoms with van der Waals surface area (Å²) >= 11 is 0. The van der Waals surface area contributed by atoms with Gasteiger partial charge in [0.25, 0.3) is 0 Å². The summed E-state index contributed by atoms with van der Waals surface area (Å²) in [7, 11) is 0. The normalized spacial score (nSPS) is 12.3. The minimum Gasteiger partial charge on any atom is -0.386 e. The average Bonchev–Trinajstić information content (AvgIpc) is 3.06. The van der Waals surface area contributed by atoms with Crippen molar-refractivity contribution in [1.29, 1.82) is 22.1 Å². The molecule has 0 amide bonds. The fourth-order valence-electron chi connectivity index (χ4n) is 3.10. The second-order valence-electron chi connectivity index (χ2n) is 5.69. The van der Waals surface area contributed by atoms with E-state index in [0.29, 0.717) is 11.1 Å². The first-order valence-corrected chi connectivity index (χ1v) is 8.27. The van der Waals surface area contributed by atoms with Crippen molar-refractivity contribution in [2.45, 2.75) is 6.42 Å². The Labute approximate surface area is 161 Å². The van der Waals surface area contributed by atoms with Gasteiger partial charge in [0, 0.05) is 0 Å². The molecule has 1 aliphatic heterocycles. The SMILES string of the molecule is C1=Cc2cccc3cccc(c23)C1.N=N.N=N.O=C1OC(=O)c2ccccc21. The van der Waals surface area contributed by atoms with E-state index in [4.69, 9.17) is 22.1 Å². The molecule has 0 bridgehead atoms. The van der Waals surface area contributed by atoms with Crippen molar-refractivity contribution < 1.29 is 14.3 Å². The van der Waals surface area contributed by atoms with Crippen molar-refractivity contribution in [2.75, 3.05) is 0 Å². The van der Waals surface area contributed by atoms with Gasteiger partial charge in [-0.05, 0) is 40.5 Å². The van der Waals surface area contributed by atoms with Crippen LogP contribution < -0.4 is 0 Å². The third-order valence-electron chi connectivity index (χ3n) is 4.21. The fraction of sp³-hybridized carbons (Fsp3) is 0.0476. The number of hydrogen-bond donors (Lipinski definition) is 4. The van der Waals surface area contributed by atoms with Crippen LogP contribution in [0.5, 0.6) is 0 Å². The number of benzene rings is 3. The standard InChI is InChI=1S/C13H10.C8H4O3.2H2N2/c1-4-10-6-2-8-12-9-3-7-11(5-1)13(10)12;9-7-5-3-1-2-4-6(5)8(10)11-7;2*1-2/h1-8H,9H2;1-4H;2*1-2H. The van der Waals surface area contributed by atoms with Crippen LogP contribution in [-0.4, -0.2) is 11.9 Å². The molecule has 0 unspecified atom stereocenters. The zero-order chi connectivity index (χ0) is 20.5. The molecule has 4 N–H and O–H groups in total. The van der Waals surface area contributed by atoms with E-state index in [1.54, 1.807) is 24.3 Å². The van der Waals surface area contributed by atoms with E-state index < -0.39 is 11.9 Å². The number of hydrogen-bond acceptors (Lipinski definition) is 7. The molecule has 0 aromatic heterocycles. The molecule has 0 saturated heterocycles. The number of ether oxygens (including phenoxy) is 1. The molecule has 1 aliphatic carbocycles. The van der Waals surface area contributed by atoms with E-state index in [0.717, 1.165) is 6.42 Å². The average molecular weight is 374 g/mol. The summed E-state index contributed by atoms with van der Waals surface area (Å²) in [6.45, 7) is 0. The molecule has 3 aromatic rings. The Balaban J connectivity index is 0.000000172. The summed E-state index contributed by atoms with van der Waals surface area (Å²) in [5.74, 6) is -1.10. The highest BCUT2D eigenvalue weighted by atomic mass is 16.6. The third-order valence-corrected chi connectivity index (χ3v) is 4.21. The van der Waals surface area contributed by atoms with Gasteiger partial charge in [0.05, 0.1) is 11.1 Å². The highest BCUT2D eigenvalue weighted by Gasteiger charge is 2.28. The number of fused-ring (bicyclic) bond motifs is 1. The van der Waals surface area contributed by atoms with Crippen molar-refractivity contribution in [3.05, 3.63) is 89.0 Å². The van der Waals surface area contributed by atoms with Gasteiger partial charge >= 0.3 is 11.9 Å². The van der Waals surface area contributed by atoms with Gasteiger partial charge in [-0.15, -0.1) is 0 Å². The molecule has 2 aliphatic rings. The zero-order valence-corrected chi connectivity index (χ0v) is 14.9. The Hall–Kier alpha value is -4.00. The van der Waals surface area contributed by atoms with Crippen LogP contribution in [0.3, 0.4) is 0 Å². The lowest BCUT2D eigenvalue weighted by Crippen LogP contribution is -1.96. The van der Waals surface area contributed by atoms with Crippen molar-refractivity contribution in [1.82, 2.24) is 0 Å². The first kappa shape index (κ1) is 20.3. The van der Waals surface area contributed by atoms with E-state index in [9.17, 15) is 9.59 Å². The smallest absolute Gasteiger partial charge is 0.346 e. The summed E-state index contributed by atoms with van der Waals surface area (Å²) < 4.78 is 4.35. The third kappa shape index (κ3) is 4.04. The first-order chi connectivity index (χ1) is 13.7. The van der Waals surface area contributed by atoms with E-state index in [1.807, 2.05) is 0 Å². The topological polar surface area (TPSA) is 139 Å². The molecule has 1 heterocycles. The minimum atomic E-state index is -0.550. The van der Waals surface area contributed by atoms with Crippen molar-refractivity contribution in [3.8, 4) is 0 Å². The Morgan fingerprint density at radius 2 is 1.29 bits per heavy atom. The van der Waals surface area contributed by atoms with Crippen LogP contribution in [-0.2, 0) is 11.2 Å². The molecule has 0 radical (unpaired) electrons. The monoisotopic (exact) mass is 374 g/mol. The second kappa shape index (κ2) is 9.63. The van der Waals surface area contributed by atoms with Crippen LogP contribution in [0.25, 0.3) is 16.8 Å². The molecule has 7 nitrogen and oxygen atoms in total. The minimum absolute atomic E-state index is 0.359. The van der Waals surface area contributed by atoms with Gasteiger partial charge < -0.3 is 4.74 Å². The van der Waals surface area contributed by atoms with Crippen molar-refractivity contribution in [3.63, 3.8) is 0 Å². The molecule has 0 fully saturated rings. The van der Waals surface area contributed by atoms with Crippen LogP contribution in [0.2, 0.25) is 0 Å². The van der Waals surface area contributed by atoms with Gasteiger partial charge in [-0.3, -0.25) is 0 Å². The molecule has 0 saturated carbocycles. The van der Waals surface area contributed by atoms with E-state index >= 15 is 0 Å². The molecular weight excluding hydrogens is 356 g/mol. The predicted octanol–water partition coefficient (Wildman–Crippen LogP) is 5.60. The van der Waals surface area contributed by atoms with Crippen LogP contribution in [0.15, 0.2) is 66.7 Å². The predicted molar refractivity (Wildman–Crippen MR) is 104 cm³/mol. The highest BCUT2D eigenvalue weighted by Crippen LogP contribution is 2.27. The van der Waals surface area contributed by atoms with Crippen LogP contribution >= 0.6 is 0 Å². The van der Waals surface area contributed by atoms with E-state index in [-0.39, 0.29) is 0 Å². The second-order valence-corrected chi connectivity index (χ2v) is 5.69. The maximum atomic E-state index is 10.8. The lowest BCUT2D eigenvalue weighted by molar-refractivity contribution is 0.0444. The van der Waals surface area contributed by atoms with Crippen LogP contribution in [0, 0.1) is 22.1 Å². The van der Waals surface area contributed by atoms with Crippen molar-refractivity contribution in [2.24, 2.45) is 0 Å². The summed E-state index contributed by atoms with van der Waals surface area (Å²) in [5.41, 5.74) is 23.5. The number of carbonyl (C=O) groups is 2. The largest absolute Gasteiger partial charge is 0.386 e. The number of esters is 2. The van der Waals surface area contributed by atoms with E-state index in [1.165, 1.54) is 21.9 Å².